The number of hydrogen-bond acceptors (Lipinski definition) is 7. The molecule has 10 nitrogen and oxygen atoms in total. The molecule has 3 atom stereocenters. The molecule has 3 N–H and O–H groups in total. The second kappa shape index (κ2) is 9.50. The first kappa shape index (κ1) is 23.6. The van der Waals surface area contributed by atoms with E-state index >= 15 is 4.39 Å². The van der Waals surface area contributed by atoms with Crippen molar-refractivity contribution >= 4 is 23.8 Å². The van der Waals surface area contributed by atoms with E-state index in [0.29, 0.717) is 6.04 Å². The fraction of sp³-hybridized carbons (Fsp3) is 0.565. The number of carbonyl (C=O) groups excluding carboxylic acids is 4. The third kappa shape index (κ3) is 4.59. The summed E-state index contributed by atoms with van der Waals surface area (Å²) in [5, 5.41) is 6.74. The number of hydrazine groups is 1. The molecule has 12 heteroatoms. The number of benzene rings is 1. The first-order valence-electron chi connectivity index (χ1n) is 11.9. The van der Waals surface area contributed by atoms with Crippen LogP contribution in [-0.2, 0) is 27.4 Å². The van der Waals surface area contributed by atoms with Gasteiger partial charge in [0.25, 0.3) is 5.91 Å². The van der Waals surface area contributed by atoms with Gasteiger partial charge in [-0.2, -0.15) is 0 Å². The molecular weight excluding hydrogens is 464 g/mol. The van der Waals surface area contributed by atoms with Crippen molar-refractivity contribution in [1.29, 1.82) is 0 Å². The number of imide groups is 1. The lowest BCUT2D eigenvalue weighted by atomic mass is 10.0. The van der Waals surface area contributed by atoms with Gasteiger partial charge in [0.2, 0.25) is 11.8 Å². The summed E-state index contributed by atoms with van der Waals surface area (Å²) in [4.78, 5) is 49.7. The Morgan fingerprint density at radius 3 is 2.80 bits per heavy atom. The van der Waals surface area contributed by atoms with Crippen molar-refractivity contribution in [3.8, 4) is 0 Å². The average molecular weight is 491 g/mol. The van der Waals surface area contributed by atoms with Crippen LogP contribution in [0.1, 0.15) is 60.0 Å². The number of fused-ring (bicyclic) bond motifs is 2. The standard InChI is InChI=1S/C23H27F2N5O5/c24-16-7-12(9-26-23(34)35-11-13-8-14-3-1-2-6-30(14)28-13)20(25)19-15(16)10-29(22(19)33)17-4-5-18(31)27-21(17)32/h7,13-14,17,28H,1-6,8-11H2,(H,26,34)(H,27,31,32). The fourth-order valence-corrected chi connectivity index (χ4v) is 5.37. The van der Waals surface area contributed by atoms with E-state index in [0.717, 1.165) is 36.8 Å². The number of halogens is 2. The molecule has 3 fully saturated rings. The van der Waals surface area contributed by atoms with E-state index in [2.05, 4.69) is 21.1 Å². The van der Waals surface area contributed by atoms with Crippen LogP contribution < -0.4 is 16.1 Å². The first-order chi connectivity index (χ1) is 16.8. The number of rotatable bonds is 5. The lowest BCUT2D eigenvalue weighted by molar-refractivity contribution is -0.136. The minimum absolute atomic E-state index is 0.00825. The van der Waals surface area contributed by atoms with Gasteiger partial charge in [0, 0.05) is 36.7 Å². The number of nitrogens with one attached hydrogen (secondary N) is 3. The quantitative estimate of drug-likeness (QED) is 0.528. The van der Waals surface area contributed by atoms with Gasteiger partial charge in [0.1, 0.15) is 24.3 Å². The Labute approximate surface area is 200 Å². The van der Waals surface area contributed by atoms with Crippen molar-refractivity contribution in [3.05, 3.63) is 34.4 Å². The minimum Gasteiger partial charge on any atom is -0.448 e. The summed E-state index contributed by atoms with van der Waals surface area (Å²) in [6, 6.07) is 0.411. The first-order valence-corrected chi connectivity index (χ1v) is 11.9. The summed E-state index contributed by atoms with van der Waals surface area (Å²) in [6.07, 6.45) is 3.66. The van der Waals surface area contributed by atoms with E-state index in [9.17, 15) is 23.6 Å². The summed E-state index contributed by atoms with van der Waals surface area (Å²) in [5.41, 5.74) is 2.54. The Morgan fingerprint density at radius 2 is 2.03 bits per heavy atom. The van der Waals surface area contributed by atoms with Gasteiger partial charge in [0.05, 0.1) is 18.2 Å². The number of alkyl carbamates (subject to hydrolysis) is 1. The summed E-state index contributed by atoms with van der Waals surface area (Å²) in [6.45, 7) is 0.480. The molecule has 5 rings (SSSR count). The number of nitrogens with zero attached hydrogens (tertiary/aromatic N) is 2. The maximum Gasteiger partial charge on any atom is 0.407 e. The van der Waals surface area contributed by atoms with Crippen LogP contribution in [0.25, 0.3) is 0 Å². The summed E-state index contributed by atoms with van der Waals surface area (Å²) in [5.74, 6) is -3.69. The van der Waals surface area contributed by atoms with Crippen LogP contribution in [0.15, 0.2) is 6.07 Å². The molecule has 1 aromatic rings. The largest absolute Gasteiger partial charge is 0.448 e. The van der Waals surface area contributed by atoms with Crippen LogP contribution in [0, 0.1) is 11.6 Å². The maximum absolute atomic E-state index is 15.2. The number of amides is 4. The van der Waals surface area contributed by atoms with Crippen molar-refractivity contribution in [2.45, 2.75) is 69.7 Å². The van der Waals surface area contributed by atoms with Crippen LogP contribution >= 0.6 is 0 Å². The molecule has 188 valence electrons. The average Bonchev–Trinajstić information content (AvgIpc) is 3.40. The minimum atomic E-state index is -0.979. The number of hydrogen-bond donors (Lipinski definition) is 3. The summed E-state index contributed by atoms with van der Waals surface area (Å²) in [7, 11) is 0. The fourth-order valence-electron chi connectivity index (χ4n) is 5.37. The molecule has 0 spiro atoms. The van der Waals surface area contributed by atoms with Crippen molar-refractivity contribution in [1.82, 2.24) is 26.0 Å². The predicted octanol–water partition coefficient (Wildman–Crippen LogP) is 1.08. The molecule has 0 saturated carbocycles. The molecule has 0 aromatic heterocycles. The summed E-state index contributed by atoms with van der Waals surface area (Å²) < 4.78 is 35.2. The van der Waals surface area contributed by atoms with E-state index < -0.39 is 47.1 Å². The van der Waals surface area contributed by atoms with Gasteiger partial charge in [-0.25, -0.2) is 24.0 Å². The molecule has 4 aliphatic heterocycles. The molecule has 3 unspecified atom stereocenters. The van der Waals surface area contributed by atoms with Gasteiger partial charge >= 0.3 is 6.09 Å². The molecule has 35 heavy (non-hydrogen) atoms. The SMILES string of the molecule is O=C1CCC(N2Cc3c(F)cc(CNC(=O)OCC4CC5CCCCN5N4)c(F)c3C2=O)C(=O)N1. The molecule has 0 bridgehead atoms. The normalized spacial score (nSPS) is 26.4. The highest BCUT2D eigenvalue weighted by molar-refractivity contribution is 6.05. The molecular formula is C23H27F2N5O5. The van der Waals surface area contributed by atoms with Crippen molar-refractivity contribution in [2.75, 3.05) is 13.2 Å². The molecule has 1 aromatic carbocycles. The Kier molecular flexibility index (Phi) is 6.41. The third-order valence-corrected chi connectivity index (χ3v) is 7.15. The molecule has 0 aliphatic carbocycles. The van der Waals surface area contributed by atoms with E-state index in [1.165, 1.54) is 6.42 Å². The van der Waals surface area contributed by atoms with Crippen LogP contribution in [-0.4, -0.2) is 65.0 Å². The van der Waals surface area contributed by atoms with E-state index in [1.54, 1.807) is 0 Å². The highest BCUT2D eigenvalue weighted by Gasteiger charge is 2.42. The smallest absolute Gasteiger partial charge is 0.407 e. The zero-order valence-electron chi connectivity index (χ0n) is 19.1. The third-order valence-electron chi connectivity index (χ3n) is 7.15. The highest BCUT2D eigenvalue weighted by atomic mass is 19.1. The van der Waals surface area contributed by atoms with E-state index in [1.807, 2.05) is 0 Å². The van der Waals surface area contributed by atoms with Crippen molar-refractivity contribution in [2.24, 2.45) is 0 Å². The Bertz CT molecular complexity index is 1070. The van der Waals surface area contributed by atoms with Crippen molar-refractivity contribution in [3.63, 3.8) is 0 Å². The monoisotopic (exact) mass is 491 g/mol. The van der Waals surface area contributed by atoms with Crippen LogP contribution in [0.2, 0.25) is 0 Å². The molecule has 0 radical (unpaired) electrons. The van der Waals surface area contributed by atoms with Gasteiger partial charge in [-0.05, 0) is 31.7 Å². The molecule has 4 aliphatic rings. The Hall–Kier alpha value is -3.12. The number of ether oxygens (including phenoxy) is 1. The summed E-state index contributed by atoms with van der Waals surface area (Å²) >= 11 is 0. The number of piperidine rings is 2. The van der Waals surface area contributed by atoms with Crippen LogP contribution in [0.3, 0.4) is 0 Å². The second-order valence-corrected chi connectivity index (χ2v) is 9.44. The van der Waals surface area contributed by atoms with Gasteiger partial charge in [0.15, 0.2) is 0 Å². The zero-order valence-corrected chi connectivity index (χ0v) is 19.1. The maximum atomic E-state index is 15.2. The van der Waals surface area contributed by atoms with Crippen molar-refractivity contribution < 1.29 is 32.7 Å². The lowest BCUT2D eigenvalue weighted by Crippen LogP contribution is -2.52. The number of carbonyl (C=O) groups is 4. The van der Waals surface area contributed by atoms with Gasteiger partial charge < -0.3 is 15.0 Å². The van der Waals surface area contributed by atoms with Crippen LogP contribution in [0.4, 0.5) is 13.6 Å². The van der Waals surface area contributed by atoms with Gasteiger partial charge in [-0.15, -0.1) is 0 Å². The Morgan fingerprint density at radius 1 is 1.20 bits per heavy atom. The lowest BCUT2D eigenvalue weighted by Gasteiger charge is -2.29. The van der Waals surface area contributed by atoms with E-state index in [4.69, 9.17) is 4.74 Å². The topological polar surface area (TPSA) is 120 Å². The Balaban J connectivity index is 1.19. The highest BCUT2D eigenvalue weighted by Crippen LogP contribution is 2.32. The van der Waals surface area contributed by atoms with Gasteiger partial charge in [-0.3, -0.25) is 19.7 Å². The molecule has 4 heterocycles. The van der Waals surface area contributed by atoms with Crippen LogP contribution in [0.5, 0.6) is 0 Å². The van der Waals surface area contributed by atoms with E-state index in [-0.39, 0.29) is 49.7 Å². The zero-order chi connectivity index (χ0) is 24.7. The molecule has 4 amide bonds. The predicted molar refractivity (Wildman–Crippen MR) is 116 cm³/mol. The second-order valence-electron chi connectivity index (χ2n) is 9.44. The van der Waals surface area contributed by atoms with Gasteiger partial charge in [-0.1, -0.05) is 6.42 Å². The molecule has 3 saturated heterocycles.